The van der Waals surface area contributed by atoms with Crippen LogP contribution in [0.25, 0.3) is 0 Å². The molecule has 2 aromatic rings. The number of aliphatic hydroxyl groups excluding tert-OH is 1. The summed E-state index contributed by atoms with van der Waals surface area (Å²) in [6.07, 6.45) is 1.48. The highest BCUT2D eigenvalue weighted by Gasteiger charge is 2.19. The third-order valence-electron chi connectivity index (χ3n) is 4.39. The Morgan fingerprint density at radius 2 is 2.04 bits per heavy atom. The predicted octanol–water partition coefficient (Wildman–Crippen LogP) is 2.53. The van der Waals surface area contributed by atoms with Gasteiger partial charge in [0.05, 0.1) is 6.04 Å². The van der Waals surface area contributed by atoms with Gasteiger partial charge in [0.2, 0.25) is 0 Å². The summed E-state index contributed by atoms with van der Waals surface area (Å²) in [5.74, 6) is -0.0929. The Morgan fingerprint density at radius 3 is 2.78 bits per heavy atom. The van der Waals surface area contributed by atoms with Gasteiger partial charge in [-0.2, -0.15) is 0 Å². The lowest BCUT2D eigenvalue weighted by Gasteiger charge is -2.19. The number of carbonyl (C=O) groups excluding carboxylic acids is 1. The van der Waals surface area contributed by atoms with Crippen LogP contribution in [0.5, 0.6) is 0 Å². The van der Waals surface area contributed by atoms with Gasteiger partial charge < -0.3 is 15.3 Å². The zero-order chi connectivity index (χ0) is 16.2. The summed E-state index contributed by atoms with van der Waals surface area (Å²) in [5.41, 5.74) is 4.11. The smallest absolute Gasteiger partial charge is 0.251 e. The minimum absolute atomic E-state index is 0.0365. The number of amides is 1. The van der Waals surface area contributed by atoms with E-state index in [0.717, 1.165) is 18.5 Å². The summed E-state index contributed by atoms with van der Waals surface area (Å²) in [4.78, 5) is 14.8. The van der Waals surface area contributed by atoms with Gasteiger partial charge >= 0.3 is 0 Å². The van der Waals surface area contributed by atoms with Crippen LogP contribution in [0.3, 0.4) is 0 Å². The average Bonchev–Trinajstić information content (AvgIpc) is 2.96. The summed E-state index contributed by atoms with van der Waals surface area (Å²) < 4.78 is 0. The molecule has 120 valence electrons. The fraction of sp³-hybridized carbons (Fsp3) is 0.316. The lowest BCUT2D eigenvalue weighted by molar-refractivity contribution is 0.0930. The van der Waals surface area contributed by atoms with E-state index < -0.39 is 0 Å². The second-order valence-corrected chi connectivity index (χ2v) is 5.96. The Balaban J connectivity index is 1.77. The zero-order valence-electron chi connectivity index (χ0n) is 13.3. The normalized spacial score (nSPS) is 14.4. The highest BCUT2D eigenvalue weighted by Crippen LogP contribution is 2.27. The van der Waals surface area contributed by atoms with E-state index in [4.69, 9.17) is 0 Å². The molecule has 23 heavy (non-hydrogen) atoms. The van der Waals surface area contributed by atoms with Crippen molar-refractivity contribution in [2.45, 2.75) is 18.9 Å². The van der Waals surface area contributed by atoms with Crippen LogP contribution in [0.1, 0.15) is 33.9 Å². The first-order valence-electron chi connectivity index (χ1n) is 8.00. The number of nitrogens with zero attached hydrogens (tertiary/aromatic N) is 1. The maximum Gasteiger partial charge on any atom is 0.251 e. The minimum atomic E-state index is -0.176. The van der Waals surface area contributed by atoms with E-state index in [2.05, 4.69) is 17.3 Å². The molecule has 0 aliphatic carbocycles. The van der Waals surface area contributed by atoms with E-state index in [9.17, 15) is 9.90 Å². The quantitative estimate of drug-likeness (QED) is 0.892. The summed E-state index contributed by atoms with van der Waals surface area (Å²) in [6, 6.07) is 15.5. The van der Waals surface area contributed by atoms with Gasteiger partial charge in [0, 0.05) is 31.5 Å². The van der Waals surface area contributed by atoms with Gasteiger partial charge in [-0.15, -0.1) is 0 Å². The molecule has 1 heterocycles. The number of hydrogen-bond acceptors (Lipinski definition) is 3. The number of nitrogens with one attached hydrogen (secondary N) is 1. The number of benzene rings is 2. The second-order valence-electron chi connectivity index (χ2n) is 5.96. The first kappa shape index (κ1) is 15.6. The van der Waals surface area contributed by atoms with Crippen LogP contribution in [0.4, 0.5) is 5.69 Å². The lowest BCUT2D eigenvalue weighted by atomic mass is 10.0. The summed E-state index contributed by atoms with van der Waals surface area (Å²) in [6.45, 7) is 1.03. The lowest BCUT2D eigenvalue weighted by Crippen LogP contribution is -2.29. The fourth-order valence-corrected chi connectivity index (χ4v) is 3.09. The first-order chi connectivity index (χ1) is 11.2. The highest BCUT2D eigenvalue weighted by molar-refractivity contribution is 5.95. The molecule has 2 N–H and O–H groups in total. The minimum Gasteiger partial charge on any atom is -0.396 e. The SMILES string of the molecule is CN1CCc2cc(C(=O)N[C@@H](CCO)c3ccccc3)ccc21. The largest absolute Gasteiger partial charge is 0.396 e. The Hall–Kier alpha value is -2.33. The molecule has 1 aliphatic rings. The molecule has 0 radical (unpaired) electrons. The molecule has 4 nitrogen and oxygen atoms in total. The number of aliphatic hydroxyl groups is 1. The van der Waals surface area contributed by atoms with Crippen LogP contribution in [-0.4, -0.2) is 31.2 Å². The third-order valence-corrected chi connectivity index (χ3v) is 4.39. The van der Waals surface area contributed by atoms with Crippen molar-refractivity contribution >= 4 is 11.6 Å². The van der Waals surface area contributed by atoms with E-state index in [0.29, 0.717) is 12.0 Å². The van der Waals surface area contributed by atoms with Gasteiger partial charge in [0.1, 0.15) is 0 Å². The molecular weight excluding hydrogens is 288 g/mol. The second kappa shape index (κ2) is 6.84. The van der Waals surface area contributed by atoms with Crippen molar-refractivity contribution in [1.29, 1.82) is 0 Å². The van der Waals surface area contributed by atoms with Crippen LogP contribution >= 0.6 is 0 Å². The number of hydrogen-bond donors (Lipinski definition) is 2. The topological polar surface area (TPSA) is 52.6 Å². The molecule has 0 saturated carbocycles. The number of rotatable bonds is 5. The van der Waals surface area contributed by atoms with Crippen molar-refractivity contribution < 1.29 is 9.90 Å². The highest BCUT2D eigenvalue weighted by atomic mass is 16.3. The number of anilines is 1. The van der Waals surface area contributed by atoms with Crippen LogP contribution in [0.2, 0.25) is 0 Å². The molecule has 0 aromatic heterocycles. The van der Waals surface area contributed by atoms with Crippen molar-refractivity contribution in [3.63, 3.8) is 0 Å². The standard InChI is InChI=1S/C19H22N2O2/c1-21-11-9-15-13-16(7-8-18(15)21)19(23)20-17(10-12-22)14-5-3-2-4-6-14/h2-8,13,17,22H,9-12H2,1H3,(H,20,23)/t17-/m0/s1. The van der Waals surface area contributed by atoms with E-state index in [1.54, 1.807) is 0 Å². The maximum absolute atomic E-state index is 12.6. The van der Waals surface area contributed by atoms with E-state index in [1.807, 2.05) is 48.5 Å². The predicted molar refractivity (Wildman–Crippen MR) is 91.8 cm³/mol. The summed E-state index contributed by atoms with van der Waals surface area (Å²) in [5, 5.41) is 12.3. The molecule has 0 spiro atoms. The Labute approximate surface area is 136 Å². The van der Waals surface area contributed by atoms with Gasteiger partial charge in [0.15, 0.2) is 0 Å². The Kier molecular flexibility index (Phi) is 4.63. The molecule has 3 rings (SSSR count). The van der Waals surface area contributed by atoms with Crippen molar-refractivity contribution in [3.05, 3.63) is 65.2 Å². The molecule has 0 bridgehead atoms. The monoisotopic (exact) mass is 310 g/mol. The molecule has 1 atom stereocenters. The number of likely N-dealkylation sites (N-methyl/N-ethyl adjacent to an activating group) is 1. The molecule has 4 heteroatoms. The van der Waals surface area contributed by atoms with Crippen molar-refractivity contribution in [1.82, 2.24) is 5.32 Å². The fourth-order valence-electron chi connectivity index (χ4n) is 3.09. The molecule has 0 fully saturated rings. The van der Waals surface area contributed by atoms with E-state index >= 15 is 0 Å². The molecule has 1 aliphatic heterocycles. The Morgan fingerprint density at radius 1 is 1.26 bits per heavy atom. The van der Waals surface area contributed by atoms with Crippen LogP contribution < -0.4 is 10.2 Å². The first-order valence-corrected chi connectivity index (χ1v) is 8.00. The van der Waals surface area contributed by atoms with Gasteiger partial charge in [-0.25, -0.2) is 0 Å². The van der Waals surface area contributed by atoms with Gasteiger partial charge in [-0.3, -0.25) is 4.79 Å². The van der Waals surface area contributed by atoms with Crippen LogP contribution in [0, 0.1) is 0 Å². The molecular formula is C19H22N2O2. The summed E-state index contributed by atoms with van der Waals surface area (Å²) in [7, 11) is 2.07. The van der Waals surface area contributed by atoms with Crippen LogP contribution in [-0.2, 0) is 6.42 Å². The van der Waals surface area contributed by atoms with E-state index in [1.165, 1.54) is 11.3 Å². The van der Waals surface area contributed by atoms with Crippen molar-refractivity contribution in [3.8, 4) is 0 Å². The average molecular weight is 310 g/mol. The molecule has 0 unspecified atom stereocenters. The molecule has 2 aromatic carbocycles. The maximum atomic E-state index is 12.6. The van der Waals surface area contributed by atoms with E-state index in [-0.39, 0.29) is 18.6 Å². The van der Waals surface area contributed by atoms with Gasteiger partial charge in [-0.05, 0) is 42.2 Å². The molecule has 1 amide bonds. The Bertz CT molecular complexity index is 685. The van der Waals surface area contributed by atoms with Gasteiger partial charge in [-0.1, -0.05) is 30.3 Å². The summed E-state index contributed by atoms with van der Waals surface area (Å²) >= 11 is 0. The van der Waals surface area contributed by atoms with Gasteiger partial charge in [0.25, 0.3) is 5.91 Å². The molecule has 0 saturated heterocycles. The number of fused-ring (bicyclic) bond motifs is 1. The van der Waals surface area contributed by atoms with Crippen LogP contribution in [0.15, 0.2) is 48.5 Å². The number of carbonyl (C=O) groups is 1. The third kappa shape index (κ3) is 3.37. The zero-order valence-corrected chi connectivity index (χ0v) is 13.3. The van der Waals surface area contributed by atoms with Crippen molar-refractivity contribution in [2.75, 3.05) is 25.1 Å². The van der Waals surface area contributed by atoms with Crippen molar-refractivity contribution in [2.24, 2.45) is 0 Å².